The number of nitrogens with one attached hydrogen (secondary N) is 1. The zero-order valence-corrected chi connectivity index (χ0v) is 18.5. The summed E-state index contributed by atoms with van der Waals surface area (Å²) in [6.45, 7) is 2.23. The molecule has 0 spiro atoms. The molecule has 11 heteroatoms. The molecular formula is C21H25F2N7OS. The summed E-state index contributed by atoms with van der Waals surface area (Å²) in [6.07, 6.45) is 4.47. The second kappa shape index (κ2) is 9.21. The van der Waals surface area contributed by atoms with E-state index in [1.807, 2.05) is 0 Å². The Labute approximate surface area is 188 Å². The van der Waals surface area contributed by atoms with Gasteiger partial charge in [-0.05, 0) is 37.8 Å². The van der Waals surface area contributed by atoms with Gasteiger partial charge in [0.15, 0.2) is 11.6 Å². The van der Waals surface area contributed by atoms with Crippen molar-refractivity contribution in [2.75, 3.05) is 35.6 Å². The number of benzene rings is 1. The van der Waals surface area contributed by atoms with E-state index >= 15 is 4.39 Å². The van der Waals surface area contributed by atoms with E-state index in [2.05, 4.69) is 20.3 Å². The molecule has 2 aromatic heterocycles. The van der Waals surface area contributed by atoms with Gasteiger partial charge in [-0.25, -0.2) is 13.8 Å². The molecule has 0 atom stereocenters. The maximum atomic E-state index is 15.5. The number of halogens is 2. The van der Waals surface area contributed by atoms with Crippen LogP contribution in [0.3, 0.4) is 0 Å². The predicted molar refractivity (Wildman–Crippen MR) is 122 cm³/mol. The molecule has 170 valence electrons. The van der Waals surface area contributed by atoms with Gasteiger partial charge in [-0.15, -0.1) is 11.3 Å². The van der Waals surface area contributed by atoms with Crippen molar-refractivity contribution in [1.29, 1.82) is 0 Å². The average Bonchev–Trinajstić information content (AvgIpc) is 3.45. The third-order valence-corrected chi connectivity index (χ3v) is 6.41. The van der Waals surface area contributed by atoms with Gasteiger partial charge in [0.1, 0.15) is 17.2 Å². The van der Waals surface area contributed by atoms with Crippen LogP contribution < -0.4 is 21.7 Å². The molecule has 4 rings (SSSR count). The highest BCUT2D eigenvalue weighted by atomic mass is 32.1. The van der Waals surface area contributed by atoms with Crippen molar-refractivity contribution in [3.8, 4) is 11.1 Å². The molecule has 0 unspecified atom stereocenters. The van der Waals surface area contributed by atoms with Gasteiger partial charge in [0.05, 0.1) is 17.4 Å². The molecule has 0 saturated carbocycles. The first kappa shape index (κ1) is 22.2. The van der Waals surface area contributed by atoms with E-state index in [4.69, 9.17) is 11.5 Å². The van der Waals surface area contributed by atoms with Crippen molar-refractivity contribution in [1.82, 2.24) is 14.8 Å². The molecule has 3 heterocycles. The van der Waals surface area contributed by atoms with Crippen LogP contribution in [0.4, 0.5) is 26.0 Å². The molecule has 0 aliphatic carbocycles. The van der Waals surface area contributed by atoms with Crippen LogP contribution in [0.1, 0.15) is 29.8 Å². The molecular weight excluding hydrogens is 436 g/mol. The normalized spacial score (nSPS) is 14.7. The second-order valence-electron chi connectivity index (χ2n) is 7.86. The highest BCUT2D eigenvalue weighted by molar-refractivity contribution is 7.07. The van der Waals surface area contributed by atoms with Gasteiger partial charge in [-0.2, -0.15) is 5.10 Å². The molecule has 1 aromatic carbocycles. The molecule has 1 aliphatic heterocycles. The molecule has 3 aromatic rings. The van der Waals surface area contributed by atoms with Crippen LogP contribution in [0.5, 0.6) is 0 Å². The minimum absolute atomic E-state index is 0.0696. The maximum absolute atomic E-state index is 15.5. The second-order valence-corrected chi connectivity index (χ2v) is 8.58. The molecule has 1 saturated heterocycles. The number of nitrogens with zero attached hydrogens (tertiary/aromatic N) is 4. The van der Waals surface area contributed by atoms with Crippen molar-refractivity contribution < 1.29 is 13.6 Å². The fourth-order valence-corrected chi connectivity index (χ4v) is 4.66. The van der Waals surface area contributed by atoms with Gasteiger partial charge in [0.25, 0.3) is 5.91 Å². The number of rotatable bonds is 6. The van der Waals surface area contributed by atoms with E-state index in [9.17, 15) is 9.18 Å². The molecule has 8 nitrogen and oxygen atoms in total. The number of amides is 1. The Morgan fingerprint density at radius 2 is 2.03 bits per heavy atom. The van der Waals surface area contributed by atoms with Crippen molar-refractivity contribution in [3.63, 3.8) is 0 Å². The van der Waals surface area contributed by atoms with Crippen LogP contribution in [-0.2, 0) is 7.05 Å². The number of thiazole rings is 1. The number of hydrogen-bond donors (Lipinski definition) is 3. The molecule has 0 radical (unpaired) electrons. The van der Waals surface area contributed by atoms with Gasteiger partial charge in [0, 0.05) is 36.6 Å². The lowest BCUT2D eigenvalue weighted by atomic mass is 9.93. The summed E-state index contributed by atoms with van der Waals surface area (Å²) in [5.41, 5.74) is 12.8. The zero-order valence-electron chi connectivity index (χ0n) is 17.6. The summed E-state index contributed by atoms with van der Waals surface area (Å²) in [5, 5.41) is 8.08. The quantitative estimate of drug-likeness (QED) is 0.486. The minimum Gasteiger partial charge on any atom is -0.396 e. The molecule has 32 heavy (non-hydrogen) atoms. The third-order valence-electron chi connectivity index (χ3n) is 5.82. The smallest absolute Gasteiger partial charge is 0.275 e. The Hall–Kier alpha value is -3.05. The van der Waals surface area contributed by atoms with Crippen LogP contribution in [0.2, 0.25) is 0 Å². The zero-order chi connectivity index (χ0) is 22.8. The Kier molecular flexibility index (Phi) is 6.38. The standard InChI is InChI=1S/C21H25F2N7OS/c1-29-21(30-6-3-12(2-5-24)4-7-30)14(9-27-29)13-8-15(25)18(23)19(17(13)22)28-20(31)16-10-32-11-26-16/h8-12H,2-7,24-25H2,1H3,(H,28,31). The summed E-state index contributed by atoms with van der Waals surface area (Å²) in [4.78, 5) is 18.4. The number of aryl methyl sites for hydroxylation is 1. The van der Waals surface area contributed by atoms with Gasteiger partial charge >= 0.3 is 0 Å². The largest absolute Gasteiger partial charge is 0.396 e. The summed E-state index contributed by atoms with van der Waals surface area (Å²) in [7, 11) is 1.78. The van der Waals surface area contributed by atoms with E-state index in [0.29, 0.717) is 18.0 Å². The van der Waals surface area contributed by atoms with Crippen molar-refractivity contribution in [2.45, 2.75) is 19.3 Å². The number of hydrogen-bond acceptors (Lipinski definition) is 7. The molecule has 5 N–H and O–H groups in total. The van der Waals surface area contributed by atoms with Crippen molar-refractivity contribution in [2.24, 2.45) is 18.7 Å². The lowest BCUT2D eigenvalue weighted by Gasteiger charge is -2.34. The highest BCUT2D eigenvalue weighted by Crippen LogP contribution is 2.39. The summed E-state index contributed by atoms with van der Waals surface area (Å²) in [5.74, 6) is -1.36. The monoisotopic (exact) mass is 461 g/mol. The Bertz CT molecular complexity index is 1110. The number of piperidine rings is 1. The Morgan fingerprint density at radius 1 is 1.28 bits per heavy atom. The minimum atomic E-state index is -1.03. The van der Waals surface area contributed by atoms with Crippen LogP contribution in [-0.4, -0.2) is 40.3 Å². The fraction of sp³-hybridized carbons (Fsp3) is 0.381. The van der Waals surface area contributed by atoms with E-state index in [-0.39, 0.29) is 16.9 Å². The lowest BCUT2D eigenvalue weighted by molar-refractivity contribution is 0.102. The Morgan fingerprint density at radius 3 is 2.69 bits per heavy atom. The summed E-state index contributed by atoms with van der Waals surface area (Å²) < 4.78 is 31.9. The summed E-state index contributed by atoms with van der Waals surface area (Å²) >= 11 is 1.21. The summed E-state index contributed by atoms with van der Waals surface area (Å²) in [6, 6.07) is 1.24. The maximum Gasteiger partial charge on any atom is 0.275 e. The van der Waals surface area contributed by atoms with Gasteiger partial charge in [0.2, 0.25) is 0 Å². The number of anilines is 3. The molecule has 1 fully saturated rings. The number of carbonyl (C=O) groups is 1. The van der Waals surface area contributed by atoms with E-state index in [0.717, 1.165) is 38.2 Å². The van der Waals surface area contributed by atoms with Gasteiger partial charge < -0.3 is 21.7 Å². The van der Waals surface area contributed by atoms with Gasteiger partial charge in [-0.3, -0.25) is 9.48 Å². The van der Waals surface area contributed by atoms with E-state index in [1.165, 1.54) is 34.5 Å². The number of nitrogen functional groups attached to an aromatic ring is 1. The molecule has 1 amide bonds. The van der Waals surface area contributed by atoms with Crippen molar-refractivity contribution >= 4 is 34.4 Å². The van der Waals surface area contributed by atoms with Crippen LogP contribution in [0.25, 0.3) is 11.1 Å². The van der Waals surface area contributed by atoms with Crippen LogP contribution in [0, 0.1) is 17.6 Å². The first-order valence-electron chi connectivity index (χ1n) is 10.3. The van der Waals surface area contributed by atoms with Crippen molar-refractivity contribution in [3.05, 3.63) is 40.5 Å². The fourth-order valence-electron chi connectivity index (χ4n) is 4.13. The Balaban J connectivity index is 1.69. The van der Waals surface area contributed by atoms with Crippen LogP contribution >= 0.6 is 11.3 Å². The first-order chi connectivity index (χ1) is 15.4. The van der Waals surface area contributed by atoms with Gasteiger partial charge in [-0.1, -0.05) is 0 Å². The SMILES string of the molecule is Cn1ncc(-c2cc(N)c(F)c(NC(=O)c3cscn3)c2F)c1N1CCC(CCN)CC1. The first-order valence-corrected chi connectivity index (χ1v) is 11.3. The number of nitrogens with two attached hydrogens (primary N) is 2. The topological polar surface area (TPSA) is 115 Å². The van der Waals surface area contributed by atoms with E-state index in [1.54, 1.807) is 11.7 Å². The third kappa shape index (κ3) is 4.17. The molecule has 1 aliphatic rings. The molecule has 0 bridgehead atoms. The highest BCUT2D eigenvalue weighted by Gasteiger charge is 2.27. The lowest BCUT2D eigenvalue weighted by Crippen LogP contribution is -2.35. The predicted octanol–water partition coefficient (Wildman–Crippen LogP) is 3.22. The number of carbonyl (C=O) groups excluding carboxylic acids is 1. The van der Waals surface area contributed by atoms with Crippen LogP contribution in [0.15, 0.2) is 23.2 Å². The number of aromatic nitrogens is 3. The van der Waals surface area contributed by atoms with E-state index < -0.39 is 23.2 Å². The average molecular weight is 462 g/mol.